The van der Waals surface area contributed by atoms with Crippen LogP contribution in [-0.4, -0.2) is 46.9 Å². The minimum absolute atomic E-state index is 0.173. The Bertz CT molecular complexity index is 609. The zero-order chi connectivity index (χ0) is 17.5. The largest absolute Gasteiger partial charge is 0.374 e. The van der Waals surface area contributed by atoms with Crippen molar-refractivity contribution in [3.05, 3.63) is 16.0 Å². The van der Waals surface area contributed by atoms with Gasteiger partial charge in [-0.05, 0) is 59.4 Å². The summed E-state index contributed by atoms with van der Waals surface area (Å²) in [4.78, 5) is 19.1. The van der Waals surface area contributed by atoms with Gasteiger partial charge in [0, 0.05) is 42.6 Å². The summed E-state index contributed by atoms with van der Waals surface area (Å²) in [7, 11) is 0. The van der Waals surface area contributed by atoms with Crippen LogP contribution in [-0.2, 0) is 13.0 Å². The van der Waals surface area contributed by atoms with E-state index in [4.69, 9.17) is 0 Å². The molecule has 134 valence electrons. The highest BCUT2D eigenvalue weighted by Gasteiger charge is 2.33. The lowest BCUT2D eigenvalue weighted by Crippen LogP contribution is -2.44. The smallest absolute Gasteiger partial charge is 0.257 e. The molecule has 1 amide bonds. The van der Waals surface area contributed by atoms with Crippen molar-refractivity contribution in [1.82, 2.24) is 9.80 Å². The van der Waals surface area contributed by atoms with E-state index in [2.05, 4.69) is 44.8 Å². The van der Waals surface area contributed by atoms with E-state index in [-0.39, 0.29) is 11.4 Å². The third-order valence-corrected chi connectivity index (χ3v) is 6.18. The standard InChI is InChI=1S/C19H31N3OS/c1-13(2)20-17-16(18(23)21-9-6-7-10-21)14-8-11-22(19(3,4)5)12-15(14)24-17/h13,20H,6-12H2,1-5H3. The molecule has 3 heterocycles. The van der Waals surface area contributed by atoms with E-state index in [0.29, 0.717) is 6.04 Å². The summed E-state index contributed by atoms with van der Waals surface area (Å²) < 4.78 is 0. The monoisotopic (exact) mass is 349 g/mol. The lowest BCUT2D eigenvalue weighted by Gasteiger charge is -2.38. The van der Waals surface area contributed by atoms with E-state index in [1.807, 2.05) is 4.90 Å². The van der Waals surface area contributed by atoms with Crippen molar-refractivity contribution < 1.29 is 4.79 Å². The van der Waals surface area contributed by atoms with E-state index < -0.39 is 0 Å². The Morgan fingerprint density at radius 1 is 1.17 bits per heavy atom. The van der Waals surface area contributed by atoms with Crippen LogP contribution in [0.3, 0.4) is 0 Å². The molecule has 1 N–H and O–H groups in total. The van der Waals surface area contributed by atoms with Gasteiger partial charge in [-0.2, -0.15) is 0 Å². The molecule has 0 atom stereocenters. The van der Waals surface area contributed by atoms with Crippen LogP contribution in [0, 0.1) is 0 Å². The predicted molar refractivity (Wildman–Crippen MR) is 102 cm³/mol. The molecule has 0 unspecified atom stereocenters. The summed E-state index contributed by atoms with van der Waals surface area (Å²) in [6.07, 6.45) is 3.27. The number of rotatable bonds is 3. The minimum atomic E-state index is 0.173. The number of thiophene rings is 1. The maximum atomic E-state index is 13.1. The van der Waals surface area contributed by atoms with Crippen molar-refractivity contribution in [1.29, 1.82) is 0 Å². The Morgan fingerprint density at radius 3 is 2.42 bits per heavy atom. The average molecular weight is 350 g/mol. The summed E-state index contributed by atoms with van der Waals surface area (Å²) in [5, 5.41) is 4.63. The fourth-order valence-corrected chi connectivity index (χ4v) is 5.05. The number of fused-ring (bicyclic) bond motifs is 1. The zero-order valence-electron chi connectivity index (χ0n) is 15.7. The SMILES string of the molecule is CC(C)Nc1sc2c(c1C(=O)N1CCCC1)CCN(C(C)(C)C)C2. The summed E-state index contributed by atoms with van der Waals surface area (Å²) in [5.74, 6) is 0.248. The van der Waals surface area contributed by atoms with Crippen LogP contribution in [0.1, 0.15) is 68.3 Å². The molecule has 0 spiro atoms. The van der Waals surface area contributed by atoms with E-state index in [9.17, 15) is 4.79 Å². The molecule has 0 aromatic carbocycles. The highest BCUT2D eigenvalue weighted by atomic mass is 32.1. The molecule has 4 nitrogen and oxygen atoms in total. The Morgan fingerprint density at radius 2 is 1.83 bits per heavy atom. The van der Waals surface area contributed by atoms with Gasteiger partial charge in [-0.25, -0.2) is 0 Å². The van der Waals surface area contributed by atoms with Gasteiger partial charge in [0.1, 0.15) is 5.00 Å². The van der Waals surface area contributed by atoms with Gasteiger partial charge >= 0.3 is 0 Å². The lowest BCUT2D eigenvalue weighted by atomic mass is 9.97. The number of amides is 1. The highest BCUT2D eigenvalue weighted by molar-refractivity contribution is 7.16. The molecular weight excluding hydrogens is 318 g/mol. The highest BCUT2D eigenvalue weighted by Crippen LogP contribution is 2.40. The summed E-state index contributed by atoms with van der Waals surface area (Å²) >= 11 is 1.80. The second-order valence-electron chi connectivity index (χ2n) is 8.35. The molecule has 1 fully saturated rings. The number of hydrogen-bond donors (Lipinski definition) is 1. The Kier molecular flexibility index (Phi) is 4.94. The molecule has 0 bridgehead atoms. The van der Waals surface area contributed by atoms with E-state index in [1.54, 1.807) is 11.3 Å². The fourth-order valence-electron chi connectivity index (χ4n) is 3.64. The van der Waals surface area contributed by atoms with Crippen LogP contribution in [0.25, 0.3) is 0 Å². The molecule has 5 heteroatoms. The molecule has 1 aromatic heterocycles. The molecule has 1 aromatic rings. The lowest BCUT2D eigenvalue weighted by molar-refractivity contribution is 0.0790. The quantitative estimate of drug-likeness (QED) is 0.897. The third-order valence-electron chi connectivity index (χ3n) is 5.03. The maximum Gasteiger partial charge on any atom is 0.257 e. The number of carbonyl (C=O) groups excluding carboxylic acids is 1. The Labute approximate surface area is 150 Å². The van der Waals surface area contributed by atoms with Crippen molar-refractivity contribution in [2.75, 3.05) is 25.0 Å². The van der Waals surface area contributed by atoms with Gasteiger partial charge in [-0.3, -0.25) is 9.69 Å². The van der Waals surface area contributed by atoms with Crippen LogP contribution < -0.4 is 5.32 Å². The number of anilines is 1. The Hall–Kier alpha value is -1.07. The maximum absolute atomic E-state index is 13.1. The van der Waals surface area contributed by atoms with Crippen LogP contribution in [0.15, 0.2) is 0 Å². The summed E-state index contributed by atoms with van der Waals surface area (Å²) in [6.45, 7) is 14.9. The van der Waals surface area contributed by atoms with Crippen molar-refractivity contribution in [2.45, 2.75) is 72.0 Å². The number of likely N-dealkylation sites (tertiary alicyclic amines) is 1. The van der Waals surface area contributed by atoms with Gasteiger partial charge in [-0.1, -0.05) is 0 Å². The van der Waals surface area contributed by atoms with Gasteiger partial charge in [0.05, 0.1) is 5.56 Å². The van der Waals surface area contributed by atoms with Gasteiger partial charge in [0.15, 0.2) is 0 Å². The van der Waals surface area contributed by atoms with Crippen LogP contribution in [0.2, 0.25) is 0 Å². The molecule has 0 aliphatic carbocycles. The van der Waals surface area contributed by atoms with Crippen molar-refractivity contribution in [2.24, 2.45) is 0 Å². The third kappa shape index (κ3) is 3.47. The first kappa shape index (κ1) is 17.7. The topological polar surface area (TPSA) is 35.6 Å². The first-order valence-corrected chi connectivity index (χ1v) is 10.0. The molecule has 1 saturated heterocycles. The van der Waals surface area contributed by atoms with Crippen LogP contribution in [0.4, 0.5) is 5.00 Å². The molecule has 3 rings (SSSR count). The number of nitrogens with zero attached hydrogens (tertiary/aromatic N) is 2. The molecule has 2 aliphatic heterocycles. The molecule has 0 saturated carbocycles. The van der Waals surface area contributed by atoms with Gasteiger partial charge in [-0.15, -0.1) is 11.3 Å². The normalized spacial score (nSPS) is 19.0. The first-order chi connectivity index (χ1) is 11.3. The molecule has 0 radical (unpaired) electrons. The van der Waals surface area contributed by atoms with E-state index in [0.717, 1.165) is 56.0 Å². The van der Waals surface area contributed by atoms with Crippen molar-refractivity contribution in [3.63, 3.8) is 0 Å². The van der Waals surface area contributed by atoms with Gasteiger partial charge in [0.2, 0.25) is 0 Å². The number of carbonyl (C=O) groups is 1. The van der Waals surface area contributed by atoms with E-state index in [1.165, 1.54) is 10.4 Å². The number of hydrogen-bond acceptors (Lipinski definition) is 4. The van der Waals surface area contributed by atoms with Gasteiger partial charge < -0.3 is 10.2 Å². The van der Waals surface area contributed by atoms with Gasteiger partial charge in [0.25, 0.3) is 5.91 Å². The summed E-state index contributed by atoms with van der Waals surface area (Å²) in [6, 6.07) is 0.342. The minimum Gasteiger partial charge on any atom is -0.374 e. The first-order valence-electron chi connectivity index (χ1n) is 9.22. The van der Waals surface area contributed by atoms with Crippen LogP contribution in [0.5, 0.6) is 0 Å². The predicted octanol–water partition coefficient (Wildman–Crippen LogP) is 3.96. The van der Waals surface area contributed by atoms with E-state index >= 15 is 0 Å². The van der Waals surface area contributed by atoms with Crippen molar-refractivity contribution >= 4 is 22.2 Å². The second kappa shape index (κ2) is 6.68. The summed E-state index contributed by atoms with van der Waals surface area (Å²) in [5.41, 5.74) is 2.45. The zero-order valence-corrected chi connectivity index (χ0v) is 16.6. The molecule has 2 aliphatic rings. The molecule has 24 heavy (non-hydrogen) atoms. The Balaban J connectivity index is 1.95. The van der Waals surface area contributed by atoms with Crippen molar-refractivity contribution in [3.8, 4) is 0 Å². The van der Waals surface area contributed by atoms with Crippen LogP contribution >= 0.6 is 11.3 Å². The number of nitrogens with one attached hydrogen (secondary N) is 1. The second-order valence-corrected chi connectivity index (χ2v) is 9.45. The average Bonchev–Trinajstić information content (AvgIpc) is 3.11. The molecular formula is C19H31N3OS. The fraction of sp³-hybridized carbons (Fsp3) is 0.737.